The predicted molar refractivity (Wildman–Crippen MR) is 38.4 cm³/mol. The summed E-state index contributed by atoms with van der Waals surface area (Å²) in [4.78, 5) is 0. The standard InChI is InChI=1S/C6H10BNO2/c9-7-6-3-8-2-1-5(6)4-10-7/h8-9H,1-4H2. The molecule has 2 heterocycles. The molecular weight excluding hydrogens is 129 g/mol. The molecule has 0 aliphatic carbocycles. The maximum absolute atomic E-state index is 9.20. The van der Waals surface area contributed by atoms with Crippen molar-refractivity contribution in [3.05, 3.63) is 11.0 Å². The van der Waals surface area contributed by atoms with Gasteiger partial charge < -0.3 is 15.0 Å². The Balaban J connectivity index is 2.20. The molecule has 0 amide bonds. The summed E-state index contributed by atoms with van der Waals surface area (Å²) in [7, 11) is -0.622. The molecule has 0 bridgehead atoms. The van der Waals surface area contributed by atoms with Gasteiger partial charge in [-0.25, -0.2) is 0 Å². The first-order valence-electron chi connectivity index (χ1n) is 3.59. The van der Waals surface area contributed by atoms with Gasteiger partial charge in [-0.2, -0.15) is 0 Å². The smallest absolute Gasteiger partial charge is 0.423 e. The molecule has 0 fully saturated rings. The van der Waals surface area contributed by atoms with Crippen molar-refractivity contribution in [1.82, 2.24) is 5.32 Å². The van der Waals surface area contributed by atoms with Gasteiger partial charge in [0.1, 0.15) is 0 Å². The van der Waals surface area contributed by atoms with E-state index in [1.165, 1.54) is 5.57 Å². The molecule has 0 aromatic rings. The number of nitrogens with one attached hydrogen (secondary N) is 1. The van der Waals surface area contributed by atoms with Gasteiger partial charge in [-0.3, -0.25) is 0 Å². The van der Waals surface area contributed by atoms with Gasteiger partial charge in [-0.1, -0.05) is 0 Å². The van der Waals surface area contributed by atoms with Crippen molar-refractivity contribution in [1.29, 1.82) is 0 Å². The highest BCUT2D eigenvalue weighted by Crippen LogP contribution is 2.21. The first kappa shape index (κ1) is 6.40. The van der Waals surface area contributed by atoms with Crippen molar-refractivity contribution in [2.75, 3.05) is 19.7 Å². The molecule has 0 atom stereocenters. The SMILES string of the molecule is OB1OCC2=C1CNCC2. The van der Waals surface area contributed by atoms with Crippen LogP contribution < -0.4 is 5.32 Å². The van der Waals surface area contributed by atoms with Gasteiger partial charge in [0.15, 0.2) is 0 Å². The van der Waals surface area contributed by atoms with Crippen molar-refractivity contribution in [2.24, 2.45) is 0 Å². The molecule has 2 aliphatic rings. The quantitative estimate of drug-likeness (QED) is 0.437. The van der Waals surface area contributed by atoms with Crippen LogP contribution in [-0.4, -0.2) is 31.8 Å². The Morgan fingerprint density at radius 1 is 1.60 bits per heavy atom. The molecule has 4 heteroatoms. The van der Waals surface area contributed by atoms with Crippen molar-refractivity contribution in [3.8, 4) is 0 Å². The Bertz CT molecular complexity index is 181. The molecule has 0 saturated carbocycles. The highest BCUT2D eigenvalue weighted by Gasteiger charge is 2.30. The number of hydrogen-bond donors (Lipinski definition) is 2. The zero-order valence-electron chi connectivity index (χ0n) is 5.76. The zero-order valence-corrected chi connectivity index (χ0v) is 5.76. The van der Waals surface area contributed by atoms with Gasteiger partial charge in [-0.15, -0.1) is 0 Å². The molecule has 2 rings (SSSR count). The van der Waals surface area contributed by atoms with E-state index >= 15 is 0 Å². The lowest BCUT2D eigenvalue weighted by Crippen LogP contribution is -2.29. The van der Waals surface area contributed by atoms with Crippen LogP contribution in [0, 0.1) is 0 Å². The minimum atomic E-state index is -0.622. The van der Waals surface area contributed by atoms with E-state index in [9.17, 15) is 5.02 Å². The van der Waals surface area contributed by atoms with Crippen LogP contribution in [0.15, 0.2) is 11.0 Å². The summed E-state index contributed by atoms with van der Waals surface area (Å²) in [5, 5.41) is 12.4. The third-order valence-corrected chi connectivity index (χ3v) is 2.09. The van der Waals surface area contributed by atoms with Crippen LogP contribution in [0.2, 0.25) is 0 Å². The van der Waals surface area contributed by atoms with Gasteiger partial charge in [-0.05, 0) is 24.0 Å². The molecular formula is C6H10BNO2. The van der Waals surface area contributed by atoms with Crippen LogP contribution in [0.3, 0.4) is 0 Å². The van der Waals surface area contributed by atoms with E-state index in [0.717, 1.165) is 25.0 Å². The summed E-state index contributed by atoms with van der Waals surface area (Å²) < 4.78 is 5.04. The summed E-state index contributed by atoms with van der Waals surface area (Å²) in [6, 6.07) is 0. The van der Waals surface area contributed by atoms with E-state index in [2.05, 4.69) is 5.32 Å². The highest BCUT2D eigenvalue weighted by atomic mass is 16.5. The molecule has 10 heavy (non-hydrogen) atoms. The maximum Gasteiger partial charge on any atom is 0.488 e. The van der Waals surface area contributed by atoms with Crippen LogP contribution in [0.25, 0.3) is 0 Å². The van der Waals surface area contributed by atoms with Crippen LogP contribution in [-0.2, 0) is 4.65 Å². The first-order valence-corrected chi connectivity index (χ1v) is 3.59. The number of rotatable bonds is 0. The molecule has 0 spiro atoms. The average Bonchev–Trinajstić information content (AvgIpc) is 2.34. The second-order valence-corrected chi connectivity index (χ2v) is 2.72. The minimum Gasteiger partial charge on any atom is -0.423 e. The third kappa shape index (κ3) is 0.886. The molecule has 0 saturated heterocycles. The van der Waals surface area contributed by atoms with E-state index in [1.54, 1.807) is 0 Å². The zero-order chi connectivity index (χ0) is 6.97. The largest absolute Gasteiger partial charge is 0.488 e. The monoisotopic (exact) mass is 139 g/mol. The van der Waals surface area contributed by atoms with E-state index in [1.807, 2.05) is 0 Å². The van der Waals surface area contributed by atoms with Gasteiger partial charge >= 0.3 is 7.12 Å². The van der Waals surface area contributed by atoms with Gasteiger partial charge in [0, 0.05) is 6.54 Å². The Hall–Kier alpha value is -0.315. The van der Waals surface area contributed by atoms with Crippen molar-refractivity contribution < 1.29 is 9.68 Å². The van der Waals surface area contributed by atoms with Crippen LogP contribution in [0.4, 0.5) is 0 Å². The molecule has 0 aromatic carbocycles. The lowest BCUT2D eigenvalue weighted by molar-refractivity contribution is 0.307. The summed E-state index contributed by atoms with van der Waals surface area (Å²) in [5.41, 5.74) is 2.36. The fourth-order valence-electron chi connectivity index (χ4n) is 1.45. The number of hydrogen-bond acceptors (Lipinski definition) is 3. The predicted octanol–water partition coefficient (Wildman–Crippen LogP) is -0.674. The van der Waals surface area contributed by atoms with Crippen LogP contribution in [0.1, 0.15) is 6.42 Å². The topological polar surface area (TPSA) is 41.5 Å². The fraction of sp³-hybridized carbons (Fsp3) is 0.667. The van der Waals surface area contributed by atoms with Gasteiger partial charge in [0.25, 0.3) is 0 Å². The Kier molecular flexibility index (Phi) is 1.52. The van der Waals surface area contributed by atoms with E-state index in [-0.39, 0.29) is 0 Å². The molecule has 0 unspecified atom stereocenters. The van der Waals surface area contributed by atoms with Crippen LogP contribution >= 0.6 is 0 Å². The lowest BCUT2D eigenvalue weighted by atomic mass is 9.77. The second-order valence-electron chi connectivity index (χ2n) is 2.72. The lowest BCUT2D eigenvalue weighted by Gasteiger charge is -2.13. The van der Waals surface area contributed by atoms with Gasteiger partial charge in [0.2, 0.25) is 0 Å². The normalized spacial score (nSPS) is 25.5. The molecule has 3 nitrogen and oxygen atoms in total. The van der Waals surface area contributed by atoms with Crippen LogP contribution in [0.5, 0.6) is 0 Å². The second kappa shape index (κ2) is 2.38. The maximum atomic E-state index is 9.20. The Morgan fingerprint density at radius 2 is 2.50 bits per heavy atom. The fourth-order valence-corrected chi connectivity index (χ4v) is 1.45. The Morgan fingerprint density at radius 3 is 3.30 bits per heavy atom. The molecule has 0 radical (unpaired) electrons. The third-order valence-electron chi connectivity index (χ3n) is 2.09. The summed E-state index contributed by atoms with van der Waals surface area (Å²) >= 11 is 0. The van der Waals surface area contributed by atoms with Crippen molar-refractivity contribution >= 4 is 7.12 Å². The van der Waals surface area contributed by atoms with E-state index in [0.29, 0.717) is 6.61 Å². The molecule has 0 aromatic heterocycles. The van der Waals surface area contributed by atoms with Gasteiger partial charge in [0.05, 0.1) is 6.61 Å². The summed E-state index contributed by atoms with van der Waals surface area (Å²) in [6.07, 6.45) is 1.03. The highest BCUT2D eigenvalue weighted by molar-refractivity contribution is 6.53. The molecule has 2 aliphatic heterocycles. The van der Waals surface area contributed by atoms with E-state index < -0.39 is 7.12 Å². The van der Waals surface area contributed by atoms with Crippen molar-refractivity contribution in [3.63, 3.8) is 0 Å². The summed E-state index contributed by atoms with van der Waals surface area (Å²) in [6.45, 7) is 2.46. The first-order chi connectivity index (χ1) is 4.88. The minimum absolute atomic E-state index is 0.622. The molecule has 54 valence electrons. The van der Waals surface area contributed by atoms with E-state index in [4.69, 9.17) is 4.65 Å². The van der Waals surface area contributed by atoms with Crippen molar-refractivity contribution in [2.45, 2.75) is 6.42 Å². The Labute approximate surface area is 60.2 Å². The average molecular weight is 139 g/mol. The summed E-state index contributed by atoms with van der Waals surface area (Å²) in [5.74, 6) is 0. The molecule has 2 N–H and O–H groups in total.